The molecule has 160 valence electrons. The molecular weight excluding hydrogens is 438 g/mol. The Morgan fingerprint density at radius 1 is 1.19 bits per heavy atom. The summed E-state index contributed by atoms with van der Waals surface area (Å²) in [6.07, 6.45) is 1.70. The standard InChI is InChI=1S/C20H19N5O4S2/c26-16(21-10-15-7-4-8-29-15)12-30-20-24-23-19(31-20)22-18(28)13-9-17(27)25(11-13)14-5-2-1-3-6-14/h1-8,13H,9-12H2,(H,21,26)(H,22,23,28)/t13-/m1/s1. The number of aromatic nitrogens is 2. The van der Waals surface area contributed by atoms with Gasteiger partial charge >= 0.3 is 0 Å². The van der Waals surface area contributed by atoms with Gasteiger partial charge in [0.25, 0.3) is 0 Å². The van der Waals surface area contributed by atoms with E-state index in [4.69, 9.17) is 4.42 Å². The van der Waals surface area contributed by atoms with Crippen molar-refractivity contribution in [3.05, 3.63) is 54.5 Å². The van der Waals surface area contributed by atoms with Gasteiger partial charge in [0, 0.05) is 18.7 Å². The molecule has 1 atom stereocenters. The maximum atomic E-state index is 12.6. The molecule has 1 saturated heterocycles. The molecule has 0 spiro atoms. The summed E-state index contributed by atoms with van der Waals surface area (Å²) in [5.41, 5.74) is 0.780. The number of benzene rings is 1. The number of furan rings is 1. The maximum Gasteiger partial charge on any atom is 0.231 e. The summed E-state index contributed by atoms with van der Waals surface area (Å²) in [7, 11) is 0. The average Bonchev–Trinajstić information content (AvgIpc) is 3.53. The Bertz CT molecular complexity index is 1050. The van der Waals surface area contributed by atoms with Gasteiger partial charge in [-0.15, -0.1) is 10.2 Å². The highest BCUT2D eigenvalue weighted by Gasteiger charge is 2.35. The van der Waals surface area contributed by atoms with Crippen molar-refractivity contribution in [3.63, 3.8) is 0 Å². The van der Waals surface area contributed by atoms with E-state index in [-0.39, 0.29) is 29.9 Å². The minimum atomic E-state index is -0.458. The first-order chi connectivity index (χ1) is 15.1. The highest BCUT2D eigenvalue weighted by atomic mass is 32.2. The maximum absolute atomic E-state index is 12.6. The Balaban J connectivity index is 1.24. The molecule has 3 amide bonds. The highest BCUT2D eigenvalue weighted by Crippen LogP contribution is 2.28. The average molecular weight is 458 g/mol. The van der Waals surface area contributed by atoms with Crippen LogP contribution >= 0.6 is 23.1 Å². The SMILES string of the molecule is O=C(CSc1nnc(NC(=O)[C@@H]2CC(=O)N(c3ccccc3)C2)s1)NCc1ccco1. The number of rotatable bonds is 8. The molecule has 3 aromatic rings. The Kier molecular flexibility index (Phi) is 6.63. The molecule has 31 heavy (non-hydrogen) atoms. The third-order valence-corrected chi connectivity index (χ3v) is 6.54. The fraction of sp³-hybridized carbons (Fsp3) is 0.250. The van der Waals surface area contributed by atoms with Crippen LogP contribution in [-0.4, -0.2) is 40.2 Å². The lowest BCUT2D eigenvalue weighted by atomic mass is 10.1. The molecule has 3 heterocycles. The second-order valence-electron chi connectivity index (χ2n) is 6.75. The molecule has 1 aliphatic rings. The number of amides is 3. The molecule has 0 aliphatic carbocycles. The molecule has 0 radical (unpaired) electrons. The number of hydrogen-bond donors (Lipinski definition) is 2. The zero-order valence-electron chi connectivity index (χ0n) is 16.3. The number of carbonyl (C=O) groups excluding carboxylic acids is 3. The van der Waals surface area contributed by atoms with Gasteiger partial charge in [-0.3, -0.25) is 14.4 Å². The number of anilines is 2. The van der Waals surface area contributed by atoms with Crippen LogP contribution in [0, 0.1) is 5.92 Å². The topological polar surface area (TPSA) is 117 Å². The van der Waals surface area contributed by atoms with Crippen LogP contribution < -0.4 is 15.5 Å². The quantitative estimate of drug-likeness (QED) is 0.394. The van der Waals surface area contributed by atoms with E-state index in [9.17, 15) is 14.4 Å². The van der Waals surface area contributed by atoms with Crippen molar-refractivity contribution < 1.29 is 18.8 Å². The second-order valence-corrected chi connectivity index (χ2v) is 8.95. The van der Waals surface area contributed by atoms with Crippen LogP contribution in [0.3, 0.4) is 0 Å². The highest BCUT2D eigenvalue weighted by molar-refractivity contribution is 8.01. The van der Waals surface area contributed by atoms with E-state index in [2.05, 4.69) is 20.8 Å². The van der Waals surface area contributed by atoms with Crippen LogP contribution in [0.2, 0.25) is 0 Å². The summed E-state index contributed by atoms with van der Waals surface area (Å²) >= 11 is 2.42. The summed E-state index contributed by atoms with van der Waals surface area (Å²) in [5.74, 6) is -0.119. The fourth-order valence-corrected chi connectivity index (χ4v) is 4.63. The van der Waals surface area contributed by atoms with Gasteiger partial charge in [-0.1, -0.05) is 41.3 Å². The normalized spacial score (nSPS) is 15.8. The molecule has 1 fully saturated rings. The van der Waals surface area contributed by atoms with Gasteiger partial charge in [-0.2, -0.15) is 0 Å². The van der Waals surface area contributed by atoms with E-state index in [1.807, 2.05) is 30.3 Å². The van der Waals surface area contributed by atoms with E-state index in [1.54, 1.807) is 23.3 Å². The molecule has 2 aromatic heterocycles. The van der Waals surface area contributed by atoms with Crippen LogP contribution in [0.15, 0.2) is 57.5 Å². The number of carbonyl (C=O) groups is 3. The molecule has 4 rings (SSSR count). The van der Waals surface area contributed by atoms with E-state index in [1.165, 1.54) is 23.1 Å². The number of nitrogens with one attached hydrogen (secondary N) is 2. The Hall–Kier alpha value is -3.18. The van der Waals surface area contributed by atoms with E-state index >= 15 is 0 Å². The molecular formula is C20H19N5O4S2. The van der Waals surface area contributed by atoms with Crippen LogP contribution in [0.5, 0.6) is 0 Å². The van der Waals surface area contributed by atoms with Gasteiger partial charge in [-0.25, -0.2) is 0 Å². The Labute approximate surface area is 186 Å². The number of thioether (sulfide) groups is 1. The van der Waals surface area contributed by atoms with Gasteiger partial charge in [-0.05, 0) is 24.3 Å². The first-order valence-electron chi connectivity index (χ1n) is 9.50. The van der Waals surface area contributed by atoms with Gasteiger partial charge in [0.05, 0.1) is 24.5 Å². The zero-order chi connectivity index (χ0) is 21.6. The molecule has 0 unspecified atom stereocenters. The van der Waals surface area contributed by atoms with E-state index in [0.29, 0.717) is 28.3 Å². The number of para-hydroxylation sites is 1. The predicted octanol–water partition coefficient (Wildman–Crippen LogP) is 2.53. The van der Waals surface area contributed by atoms with Crippen LogP contribution in [0.1, 0.15) is 12.2 Å². The molecule has 9 nitrogen and oxygen atoms in total. The lowest BCUT2D eigenvalue weighted by Gasteiger charge is -2.16. The summed E-state index contributed by atoms with van der Waals surface area (Å²) in [6, 6.07) is 12.8. The molecule has 11 heteroatoms. The van der Waals surface area contributed by atoms with Crippen molar-refractivity contribution in [2.75, 3.05) is 22.5 Å². The summed E-state index contributed by atoms with van der Waals surface area (Å²) in [5, 5.41) is 13.8. The summed E-state index contributed by atoms with van der Waals surface area (Å²) < 4.78 is 5.73. The van der Waals surface area contributed by atoms with Crippen molar-refractivity contribution in [2.45, 2.75) is 17.3 Å². The lowest BCUT2D eigenvalue weighted by molar-refractivity contribution is -0.122. The molecule has 0 saturated carbocycles. The first kappa shape index (κ1) is 21.1. The fourth-order valence-electron chi connectivity index (χ4n) is 3.04. The van der Waals surface area contributed by atoms with Crippen molar-refractivity contribution in [2.24, 2.45) is 5.92 Å². The molecule has 0 bridgehead atoms. The van der Waals surface area contributed by atoms with Gasteiger partial charge < -0.3 is 20.0 Å². The molecule has 1 aromatic carbocycles. The Morgan fingerprint density at radius 2 is 2.03 bits per heavy atom. The van der Waals surface area contributed by atoms with Crippen molar-refractivity contribution in [1.82, 2.24) is 15.5 Å². The van der Waals surface area contributed by atoms with E-state index < -0.39 is 5.92 Å². The largest absolute Gasteiger partial charge is 0.467 e. The van der Waals surface area contributed by atoms with Crippen LogP contribution in [0.25, 0.3) is 0 Å². The lowest BCUT2D eigenvalue weighted by Crippen LogP contribution is -2.28. The van der Waals surface area contributed by atoms with Crippen molar-refractivity contribution in [3.8, 4) is 0 Å². The monoisotopic (exact) mass is 457 g/mol. The third kappa shape index (κ3) is 5.50. The number of hydrogen-bond acceptors (Lipinski definition) is 8. The van der Waals surface area contributed by atoms with Gasteiger partial charge in [0.15, 0.2) is 4.34 Å². The first-order valence-corrected chi connectivity index (χ1v) is 11.3. The van der Waals surface area contributed by atoms with Crippen LogP contribution in [-0.2, 0) is 20.9 Å². The van der Waals surface area contributed by atoms with Crippen molar-refractivity contribution >= 4 is 51.6 Å². The minimum absolute atomic E-state index is 0.0829. The molecule has 1 aliphatic heterocycles. The van der Waals surface area contributed by atoms with Gasteiger partial charge in [0.1, 0.15) is 5.76 Å². The minimum Gasteiger partial charge on any atom is -0.467 e. The van der Waals surface area contributed by atoms with Crippen molar-refractivity contribution in [1.29, 1.82) is 0 Å². The zero-order valence-corrected chi connectivity index (χ0v) is 17.9. The molecule has 2 N–H and O–H groups in total. The second kappa shape index (κ2) is 9.75. The predicted molar refractivity (Wildman–Crippen MR) is 117 cm³/mol. The van der Waals surface area contributed by atoms with E-state index in [0.717, 1.165) is 5.69 Å². The third-order valence-electron chi connectivity index (χ3n) is 4.57. The Morgan fingerprint density at radius 3 is 2.81 bits per heavy atom. The summed E-state index contributed by atoms with van der Waals surface area (Å²) in [6.45, 7) is 0.648. The number of nitrogens with zero attached hydrogens (tertiary/aromatic N) is 3. The van der Waals surface area contributed by atoms with Crippen LogP contribution in [0.4, 0.5) is 10.8 Å². The smallest absolute Gasteiger partial charge is 0.231 e. The summed E-state index contributed by atoms with van der Waals surface area (Å²) in [4.78, 5) is 38.4. The van der Waals surface area contributed by atoms with Gasteiger partial charge in [0.2, 0.25) is 22.9 Å².